The molecule has 0 bridgehead atoms. The number of nitrogens with zero attached hydrogens (tertiary/aromatic N) is 3. The number of rotatable bonds is 4. The molecular formula is C20H33N3O3. The SMILES string of the molecule is CC.CC#CCCCn1nc2c(c1CO)CN(C(=O)OC(C)(C)C)CC2. The van der Waals surface area contributed by atoms with Crippen molar-refractivity contribution in [1.29, 1.82) is 0 Å². The summed E-state index contributed by atoms with van der Waals surface area (Å²) in [6, 6.07) is 0. The van der Waals surface area contributed by atoms with E-state index >= 15 is 0 Å². The number of amides is 1. The molecule has 0 fully saturated rings. The molecule has 0 aliphatic carbocycles. The van der Waals surface area contributed by atoms with Gasteiger partial charge in [0.05, 0.1) is 24.5 Å². The van der Waals surface area contributed by atoms with Crippen LogP contribution < -0.4 is 0 Å². The summed E-state index contributed by atoms with van der Waals surface area (Å²) < 4.78 is 7.31. The molecule has 146 valence electrons. The molecule has 1 aliphatic heterocycles. The Bertz CT molecular complexity index is 648. The summed E-state index contributed by atoms with van der Waals surface area (Å²) in [5.74, 6) is 5.92. The van der Waals surface area contributed by atoms with Gasteiger partial charge in [0, 0.05) is 31.5 Å². The smallest absolute Gasteiger partial charge is 0.410 e. The van der Waals surface area contributed by atoms with Crippen molar-refractivity contribution in [2.75, 3.05) is 6.54 Å². The Hall–Kier alpha value is -2.00. The van der Waals surface area contributed by atoms with Gasteiger partial charge in [-0.3, -0.25) is 4.68 Å². The first-order valence-electron chi connectivity index (χ1n) is 9.41. The van der Waals surface area contributed by atoms with E-state index in [0.717, 1.165) is 36.3 Å². The van der Waals surface area contributed by atoms with Crippen LogP contribution >= 0.6 is 0 Å². The number of fused-ring (bicyclic) bond motifs is 1. The first-order valence-corrected chi connectivity index (χ1v) is 9.41. The lowest BCUT2D eigenvalue weighted by Crippen LogP contribution is -2.40. The lowest BCUT2D eigenvalue weighted by molar-refractivity contribution is 0.0222. The van der Waals surface area contributed by atoms with Crippen LogP contribution in [-0.4, -0.2) is 38.0 Å². The first kappa shape index (κ1) is 22.0. The molecule has 0 atom stereocenters. The summed E-state index contributed by atoms with van der Waals surface area (Å²) >= 11 is 0. The topological polar surface area (TPSA) is 67.6 Å². The maximum Gasteiger partial charge on any atom is 0.410 e. The Morgan fingerprint density at radius 2 is 2.04 bits per heavy atom. The fraction of sp³-hybridized carbons (Fsp3) is 0.700. The van der Waals surface area contributed by atoms with Gasteiger partial charge in [-0.25, -0.2) is 4.79 Å². The van der Waals surface area contributed by atoms with E-state index in [1.807, 2.05) is 46.2 Å². The highest BCUT2D eigenvalue weighted by Gasteiger charge is 2.29. The van der Waals surface area contributed by atoms with Gasteiger partial charge < -0.3 is 14.7 Å². The van der Waals surface area contributed by atoms with Crippen LogP contribution in [0.5, 0.6) is 0 Å². The first-order chi connectivity index (χ1) is 12.4. The number of hydrogen-bond acceptors (Lipinski definition) is 4. The highest BCUT2D eigenvalue weighted by molar-refractivity contribution is 5.68. The van der Waals surface area contributed by atoms with E-state index < -0.39 is 5.60 Å². The second-order valence-corrected chi connectivity index (χ2v) is 6.94. The van der Waals surface area contributed by atoms with Crippen molar-refractivity contribution in [2.24, 2.45) is 0 Å². The zero-order valence-electron chi connectivity index (χ0n) is 17.1. The maximum absolute atomic E-state index is 12.3. The highest BCUT2D eigenvalue weighted by Crippen LogP contribution is 2.24. The lowest BCUT2D eigenvalue weighted by atomic mass is 10.1. The predicted molar refractivity (Wildman–Crippen MR) is 103 cm³/mol. The van der Waals surface area contributed by atoms with Gasteiger partial charge in [-0.05, 0) is 34.1 Å². The number of hydrogen-bond donors (Lipinski definition) is 1. The van der Waals surface area contributed by atoms with Crippen molar-refractivity contribution in [3.05, 3.63) is 17.0 Å². The molecule has 0 unspecified atom stereocenters. The standard InChI is InChI=1S/C18H27N3O3.C2H6/c1-5-6-7-8-10-21-16(13-22)14-12-20(11-9-15(14)19-21)17(23)24-18(2,3)4;1-2/h22H,7-13H2,1-4H3;1-2H3. The zero-order chi connectivity index (χ0) is 19.7. The number of carbonyl (C=O) groups excluding carboxylic acids is 1. The number of ether oxygens (including phenoxy) is 1. The van der Waals surface area contributed by atoms with Gasteiger partial charge in [0.25, 0.3) is 0 Å². The molecule has 0 saturated heterocycles. The fourth-order valence-electron chi connectivity index (χ4n) is 2.77. The minimum atomic E-state index is -0.512. The van der Waals surface area contributed by atoms with E-state index in [-0.39, 0.29) is 12.7 Å². The molecule has 6 heteroatoms. The second-order valence-electron chi connectivity index (χ2n) is 6.94. The van der Waals surface area contributed by atoms with Gasteiger partial charge in [0.1, 0.15) is 5.60 Å². The van der Waals surface area contributed by atoms with Crippen molar-refractivity contribution in [3.8, 4) is 11.8 Å². The van der Waals surface area contributed by atoms with Crippen molar-refractivity contribution < 1.29 is 14.6 Å². The minimum Gasteiger partial charge on any atom is -0.444 e. The molecule has 0 aromatic carbocycles. The zero-order valence-corrected chi connectivity index (χ0v) is 17.1. The highest BCUT2D eigenvalue weighted by atomic mass is 16.6. The van der Waals surface area contributed by atoms with Crippen LogP contribution in [0.2, 0.25) is 0 Å². The number of aryl methyl sites for hydroxylation is 1. The third-order valence-corrected chi connectivity index (χ3v) is 3.87. The molecule has 2 rings (SSSR count). The van der Waals surface area contributed by atoms with Crippen LogP contribution in [0.4, 0.5) is 4.79 Å². The Kier molecular flexibility index (Phi) is 8.67. The Morgan fingerprint density at radius 1 is 1.35 bits per heavy atom. The summed E-state index contributed by atoms with van der Waals surface area (Å²) in [5, 5.41) is 14.4. The number of carbonyl (C=O) groups is 1. The van der Waals surface area contributed by atoms with Crippen LogP contribution in [0, 0.1) is 11.8 Å². The van der Waals surface area contributed by atoms with Crippen molar-refractivity contribution in [2.45, 2.75) is 86.1 Å². The summed E-state index contributed by atoms with van der Waals surface area (Å²) in [5.41, 5.74) is 2.21. The fourth-order valence-corrected chi connectivity index (χ4v) is 2.77. The summed E-state index contributed by atoms with van der Waals surface area (Å²) in [6.07, 6.45) is 2.08. The minimum absolute atomic E-state index is 0.0794. The van der Waals surface area contributed by atoms with Gasteiger partial charge in [-0.15, -0.1) is 11.8 Å². The van der Waals surface area contributed by atoms with Gasteiger partial charge in [0.15, 0.2) is 0 Å². The van der Waals surface area contributed by atoms with Gasteiger partial charge in [-0.2, -0.15) is 5.10 Å². The van der Waals surface area contributed by atoms with E-state index in [2.05, 4.69) is 16.9 Å². The lowest BCUT2D eigenvalue weighted by Gasteiger charge is -2.29. The number of aromatic nitrogens is 2. The quantitative estimate of drug-likeness (QED) is 0.657. The van der Waals surface area contributed by atoms with Crippen molar-refractivity contribution in [3.63, 3.8) is 0 Å². The molecule has 2 heterocycles. The maximum atomic E-state index is 12.3. The monoisotopic (exact) mass is 363 g/mol. The molecule has 0 radical (unpaired) electrons. The van der Waals surface area contributed by atoms with E-state index in [1.54, 1.807) is 4.90 Å². The molecular weight excluding hydrogens is 330 g/mol. The van der Waals surface area contributed by atoms with Crippen LogP contribution in [0.1, 0.15) is 71.3 Å². The molecule has 26 heavy (non-hydrogen) atoms. The molecule has 0 spiro atoms. The molecule has 1 aromatic heterocycles. The molecule has 1 N–H and O–H groups in total. The molecule has 1 aromatic rings. The Labute approximate surface area is 157 Å². The third kappa shape index (κ3) is 6.06. The van der Waals surface area contributed by atoms with E-state index in [4.69, 9.17) is 4.74 Å². The van der Waals surface area contributed by atoms with Crippen molar-refractivity contribution in [1.82, 2.24) is 14.7 Å². The summed E-state index contributed by atoms with van der Waals surface area (Å²) in [6.45, 7) is 13.1. The summed E-state index contributed by atoms with van der Waals surface area (Å²) in [4.78, 5) is 14.0. The largest absolute Gasteiger partial charge is 0.444 e. The van der Waals surface area contributed by atoms with Crippen molar-refractivity contribution >= 4 is 6.09 Å². The normalized spacial score (nSPS) is 13.1. The Balaban J connectivity index is 0.00000163. The van der Waals surface area contributed by atoms with Gasteiger partial charge in [0.2, 0.25) is 0 Å². The predicted octanol–water partition coefficient (Wildman–Crippen LogP) is 3.50. The van der Waals surface area contributed by atoms with E-state index in [0.29, 0.717) is 19.5 Å². The van der Waals surface area contributed by atoms with E-state index in [1.165, 1.54) is 0 Å². The van der Waals surface area contributed by atoms with Crippen LogP contribution in [-0.2, 0) is 30.9 Å². The molecule has 0 saturated carbocycles. The number of aliphatic hydroxyl groups excluding tert-OH is 1. The molecule has 1 aliphatic rings. The number of unbranched alkanes of at least 4 members (excludes halogenated alkanes) is 1. The van der Waals surface area contributed by atoms with Crippen LogP contribution in [0.25, 0.3) is 0 Å². The van der Waals surface area contributed by atoms with E-state index in [9.17, 15) is 9.90 Å². The summed E-state index contributed by atoms with van der Waals surface area (Å²) in [7, 11) is 0. The average molecular weight is 364 g/mol. The van der Waals surface area contributed by atoms with Crippen LogP contribution in [0.15, 0.2) is 0 Å². The number of aliphatic hydroxyl groups is 1. The third-order valence-electron chi connectivity index (χ3n) is 3.87. The van der Waals surface area contributed by atoms with Crippen LogP contribution in [0.3, 0.4) is 0 Å². The van der Waals surface area contributed by atoms with Gasteiger partial charge >= 0.3 is 6.09 Å². The Morgan fingerprint density at radius 3 is 2.62 bits per heavy atom. The molecule has 6 nitrogen and oxygen atoms in total. The molecule has 1 amide bonds. The average Bonchev–Trinajstić information content (AvgIpc) is 2.95. The second kappa shape index (κ2) is 10.2. The van der Waals surface area contributed by atoms with Gasteiger partial charge in [-0.1, -0.05) is 13.8 Å².